The van der Waals surface area contributed by atoms with Gasteiger partial charge in [-0.3, -0.25) is 4.79 Å². The van der Waals surface area contributed by atoms with E-state index >= 15 is 0 Å². The number of benzene rings is 1. The smallest absolute Gasteiger partial charge is 0.260 e. The summed E-state index contributed by atoms with van der Waals surface area (Å²) in [5, 5.41) is 1.52. The first-order valence-corrected chi connectivity index (χ1v) is 6.16. The molecule has 0 fully saturated rings. The SMILES string of the molecule is O=C(Nc1c(F)cc(F)cc1Cl)c1cnc(Cl)nc1Cl. The molecule has 0 saturated heterocycles. The van der Waals surface area contributed by atoms with Crippen LogP contribution in [0, 0.1) is 11.6 Å². The molecule has 2 rings (SSSR count). The molecular weight excluding hydrogens is 334 g/mol. The quantitative estimate of drug-likeness (QED) is 0.666. The Morgan fingerprint density at radius 1 is 1.20 bits per heavy atom. The van der Waals surface area contributed by atoms with Crippen LogP contribution in [-0.4, -0.2) is 15.9 Å². The normalized spacial score (nSPS) is 10.4. The van der Waals surface area contributed by atoms with E-state index in [1.807, 2.05) is 0 Å². The van der Waals surface area contributed by atoms with E-state index in [0.717, 1.165) is 12.3 Å². The minimum Gasteiger partial charge on any atom is -0.318 e. The summed E-state index contributed by atoms with van der Waals surface area (Å²) in [7, 11) is 0. The van der Waals surface area contributed by atoms with Crippen LogP contribution in [0.1, 0.15) is 10.4 Å². The summed E-state index contributed by atoms with van der Waals surface area (Å²) in [6.07, 6.45) is 1.07. The first-order chi connectivity index (χ1) is 9.38. The Balaban J connectivity index is 2.33. The maximum atomic E-state index is 13.5. The molecule has 1 amide bonds. The summed E-state index contributed by atoms with van der Waals surface area (Å²) in [5.41, 5.74) is -0.500. The van der Waals surface area contributed by atoms with Crippen molar-refractivity contribution in [1.29, 1.82) is 0 Å². The topological polar surface area (TPSA) is 54.9 Å². The number of carbonyl (C=O) groups excluding carboxylic acids is 1. The molecule has 0 saturated carbocycles. The van der Waals surface area contributed by atoms with Crippen LogP contribution in [0.15, 0.2) is 18.3 Å². The van der Waals surface area contributed by atoms with Crippen molar-refractivity contribution in [2.45, 2.75) is 0 Å². The van der Waals surface area contributed by atoms with E-state index in [9.17, 15) is 13.6 Å². The average molecular weight is 339 g/mol. The van der Waals surface area contributed by atoms with Gasteiger partial charge in [0.1, 0.15) is 11.0 Å². The van der Waals surface area contributed by atoms with Crippen molar-refractivity contribution in [3.63, 3.8) is 0 Å². The summed E-state index contributed by atoms with van der Waals surface area (Å²) in [6.45, 7) is 0. The van der Waals surface area contributed by atoms with Gasteiger partial charge >= 0.3 is 0 Å². The first-order valence-electron chi connectivity index (χ1n) is 5.02. The molecule has 0 unspecified atom stereocenters. The highest BCUT2D eigenvalue weighted by Gasteiger charge is 2.17. The van der Waals surface area contributed by atoms with E-state index < -0.39 is 17.5 Å². The Labute approximate surface area is 126 Å². The van der Waals surface area contributed by atoms with E-state index in [0.29, 0.717) is 6.07 Å². The molecule has 0 aliphatic rings. The molecular formula is C11H4Cl3F2N3O. The lowest BCUT2D eigenvalue weighted by atomic mass is 10.2. The Bertz CT molecular complexity index is 674. The van der Waals surface area contributed by atoms with Gasteiger partial charge in [0, 0.05) is 12.3 Å². The number of nitrogens with one attached hydrogen (secondary N) is 1. The van der Waals surface area contributed by atoms with Gasteiger partial charge < -0.3 is 5.32 Å². The Morgan fingerprint density at radius 3 is 2.50 bits per heavy atom. The van der Waals surface area contributed by atoms with Crippen molar-refractivity contribution in [3.05, 3.63) is 51.0 Å². The van der Waals surface area contributed by atoms with Crippen molar-refractivity contribution >= 4 is 46.4 Å². The van der Waals surface area contributed by atoms with Gasteiger partial charge in [-0.1, -0.05) is 23.2 Å². The minimum absolute atomic E-state index is 0.129. The zero-order chi connectivity index (χ0) is 14.9. The van der Waals surface area contributed by atoms with E-state index in [-0.39, 0.29) is 26.7 Å². The van der Waals surface area contributed by atoms with Crippen molar-refractivity contribution in [3.8, 4) is 0 Å². The standard InChI is InChI=1S/C11H4Cl3F2N3O/c12-6-1-4(15)2-7(16)8(6)18-10(20)5-3-17-11(14)19-9(5)13/h1-3H,(H,18,20). The van der Waals surface area contributed by atoms with Crippen molar-refractivity contribution in [1.82, 2.24) is 9.97 Å². The van der Waals surface area contributed by atoms with Crippen LogP contribution < -0.4 is 5.32 Å². The van der Waals surface area contributed by atoms with E-state index in [1.165, 1.54) is 0 Å². The van der Waals surface area contributed by atoms with Crippen LogP contribution in [0.4, 0.5) is 14.5 Å². The lowest BCUT2D eigenvalue weighted by molar-refractivity contribution is 0.102. The third kappa shape index (κ3) is 3.15. The Hall–Kier alpha value is -1.50. The van der Waals surface area contributed by atoms with Crippen LogP contribution in [0.3, 0.4) is 0 Å². The molecule has 1 aromatic carbocycles. The van der Waals surface area contributed by atoms with Gasteiger partial charge in [0.05, 0.1) is 16.3 Å². The molecule has 0 radical (unpaired) electrons. The fraction of sp³-hybridized carbons (Fsp3) is 0. The van der Waals surface area contributed by atoms with Crippen molar-refractivity contribution in [2.24, 2.45) is 0 Å². The van der Waals surface area contributed by atoms with E-state index in [1.54, 1.807) is 0 Å². The number of hydrogen-bond acceptors (Lipinski definition) is 3. The number of nitrogens with zero attached hydrogens (tertiary/aromatic N) is 2. The summed E-state index contributed by atoms with van der Waals surface area (Å²) >= 11 is 16.9. The fourth-order valence-electron chi connectivity index (χ4n) is 1.34. The molecule has 0 aliphatic carbocycles. The van der Waals surface area contributed by atoms with Crippen LogP contribution in [0.25, 0.3) is 0 Å². The van der Waals surface area contributed by atoms with Gasteiger partial charge in [-0.2, -0.15) is 0 Å². The molecule has 104 valence electrons. The van der Waals surface area contributed by atoms with E-state index in [4.69, 9.17) is 34.8 Å². The number of carbonyl (C=O) groups is 1. The van der Waals surface area contributed by atoms with Crippen LogP contribution in [0.2, 0.25) is 15.5 Å². The second-order valence-corrected chi connectivity index (χ2v) is 4.65. The monoisotopic (exact) mass is 337 g/mol. The molecule has 1 N–H and O–H groups in total. The number of amides is 1. The first kappa shape index (κ1) is 14.9. The largest absolute Gasteiger partial charge is 0.318 e. The second kappa shape index (κ2) is 5.87. The number of halogens is 5. The highest BCUT2D eigenvalue weighted by molar-refractivity contribution is 6.36. The summed E-state index contributed by atoms with van der Waals surface area (Å²) < 4.78 is 26.4. The average Bonchev–Trinajstić information content (AvgIpc) is 2.33. The van der Waals surface area contributed by atoms with Crippen molar-refractivity contribution in [2.75, 3.05) is 5.32 Å². The highest BCUT2D eigenvalue weighted by atomic mass is 35.5. The molecule has 0 spiro atoms. The summed E-state index contributed by atoms with van der Waals surface area (Å²) in [6, 6.07) is 1.45. The minimum atomic E-state index is -1.02. The third-order valence-corrected chi connectivity index (χ3v) is 2.97. The Morgan fingerprint density at radius 2 is 1.90 bits per heavy atom. The highest BCUT2D eigenvalue weighted by Crippen LogP contribution is 2.27. The molecule has 1 heterocycles. The molecule has 4 nitrogen and oxygen atoms in total. The number of hydrogen-bond donors (Lipinski definition) is 1. The third-order valence-electron chi connectivity index (χ3n) is 2.20. The van der Waals surface area contributed by atoms with Crippen LogP contribution in [-0.2, 0) is 0 Å². The summed E-state index contributed by atoms with van der Waals surface area (Å²) in [5.74, 6) is -2.69. The van der Waals surface area contributed by atoms with Crippen LogP contribution >= 0.6 is 34.8 Å². The van der Waals surface area contributed by atoms with Gasteiger partial charge in [0.2, 0.25) is 5.28 Å². The van der Waals surface area contributed by atoms with Gasteiger partial charge in [-0.05, 0) is 17.7 Å². The van der Waals surface area contributed by atoms with Gasteiger partial charge in [-0.25, -0.2) is 18.7 Å². The number of aromatic nitrogens is 2. The number of anilines is 1. The lowest BCUT2D eigenvalue weighted by Crippen LogP contribution is -2.15. The van der Waals surface area contributed by atoms with E-state index in [2.05, 4.69) is 15.3 Å². The molecule has 0 bridgehead atoms. The molecule has 9 heteroatoms. The molecule has 20 heavy (non-hydrogen) atoms. The molecule has 1 aromatic heterocycles. The maximum absolute atomic E-state index is 13.5. The number of rotatable bonds is 2. The van der Waals surface area contributed by atoms with Gasteiger partial charge in [0.15, 0.2) is 5.82 Å². The molecule has 0 atom stereocenters. The lowest BCUT2D eigenvalue weighted by Gasteiger charge is -2.09. The van der Waals surface area contributed by atoms with Crippen LogP contribution in [0.5, 0.6) is 0 Å². The predicted molar refractivity (Wildman–Crippen MR) is 71.4 cm³/mol. The van der Waals surface area contributed by atoms with Gasteiger partial charge in [-0.15, -0.1) is 0 Å². The summed E-state index contributed by atoms with van der Waals surface area (Å²) in [4.78, 5) is 19.0. The second-order valence-electron chi connectivity index (χ2n) is 3.54. The van der Waals surface area contributed by atoms with Crippen molar-refractivity contribution < 1.29 is 13.6 Å². The zero-order valence-electron chi connectivity index (χ0n) is 9.42. The molecule has 2 aromatic rings. The fourth-order valence-corrected chi connectivity index (χ4v) is 1.97. The van der Waals surface area contributed by atoms with Gasteiger partial charge in [0.25, 0.3) is 5.91 Å². The Kier molecular flexibility index (Phi) is 4.37. The predicted octanol–water partition coefficient (Wildman–Crippen LogP) is 3.97. The zero-order valence-corrected chi connectivity index (χ0v) is 11.7. The maximum Gasteiger partial charge on any atom is 0.260 e. The molecule has 0 aliphatic heterocycles.